The van der Waals surface area contributed by atoms with Gasteiger partial charge in [-0.25, -0.2) is 4.98 Å². The molecule has 0 aliphatic carbocycles. The predicted octanol–water partition coefficient (Wildman–Crippen LogP) is 0.200. The maximum absolute atomic E-state index is 12.3. The summed E-state index contributed by atoms with van der Waals surface area (Å²) in [6, 6.07) is 0. The number of aromatic nitrogens is 1. The Labute approximate surface area is 116 Å². The van der Waals surface area contributed by atoms with Gasteiger partial charge in [-0.2, -0.15) is 0 Å². The number of carbonyl (C=O) groups is 2. The summed E-state index contributed by atoms with van der Waals surface area (Å²) in [6.07, 6.45) is 1.67. The zero-order valence-electron chi connectivity index (χ0n) is 10.9. The quantitative estimate of drug-likeness (QED) is 0.829. The van der Waals surface area contributed by atoms with Gasteiger partial charge in [-0.05, 0) is 12.8 Å². The Balaban J connectivity index is 2.04. The lowest BCUT2D eigenvalue weighted by Crippen LogP contribution is -2.44. The summed E-state index contributed by atoms with van der Waals surface area (Å²) in [5.74, 6) is -0.224. The lowest BCUT2D eigenvalue weighted by molar-refractivity contribution is -0.125. The number of rotatable bonds is 3. The van der Waals surface area contributed by atoms with E-state index >= 15 is 0 Å². The summed E-state index contributed by atoms with van der Waals surface area (Å²) >= 11 is 1.39. The van der Waals surface area contributed by atoms with Crippen molar-refractivity contribution in [1.82, 2.24) is 15.2 Å². The fourth-order valence-corrected chi connectivity index (χ4v) is 2.89. The molecule has 1 unspecified atom stereocenters. The van der Waals surface area contributed by atoms with Crippen LogP contribution in [0.5, 0.6) is 0 Å². The molecule has 19 heavy (non-hydrogen) atoms. The van der Waals surface area contributed by atoms with Gasteiger partial charge in [-0.3, -0.25) is 9.59 Å². The van der Waals surface area contributed by atoms with Gasteiger partial charge in [0.2, 0.25) is 5.91 Å². The first-order chi connectivity index (χ1) is 9.15. The molecule has 2 amide bonds. The fourth-order valence-electron chi connectivity index (χ4n) is 2.24. The number of nitrogens with one attached hydrogen (secondary N) is 1. The highest BCUT2D eigenvalue weighted by atomic mass is 32.1. The molecule has 2 rings (SSSR count). The number of amides is 2. The molecule has 6 nitrogen and oxygen atoms in total. The monoisotopic (exact) mass is 282 g/mol. The molecule has 104 valence electrons. The number of hydrogen-bond donors (Lipinski definition) is 2. The second-order valence-electron chi connectivity index (χ2n) is 4.54. The molecule has 0 bridgehead atoms. The molecular weight excluding hydrogens is 264 g/mol. The highest BCUT2D eigenvalue weighted by Gasteiger charge is 2.29. The van der Waals surface area contributed by atoms with Crippen LogP contribution in [0.15, 0.2) is 5.38 Å². The molecule has 1 fully saturated rings. The van der Waals surface area contributed by atoms with E-state index in [0.29, 0.717) is 25.3 Å². The number of thiazole rings is 1. The van der Waals surface area contributed by atoms with Crippen LogP contribution in [-0.4, -0.2) is 41.8 Å². The van der Waals surface area contributed by atoms with Gasteiger partial charge < -0.3 is 16.0 Å². The largest absolute Gasteiger partial charge is 0.359 e. The standard InChI is InChI=1S/C12H18N4O2S/c1-14-11(17)8-3-2-4-16(6-8)12(18)9-7-19-10(5-13)15-9/h7-8H,2-6,13H2,1H3,(H,14,17). The van der Waals surface area contributed by atoms with Crippen molar-refractivity contribution in [3.05, 3.63) is 16.1 Å². The van der Waals surface area contributed by atoms with Gasteiger partial charge in [-0.1, -0.05) is 0 Å². The van der Waals surface area contributed by atoms with E-state index in [1.807, 2.05) is 0 Å². The number of carbonyl (C=O) groups excluding carboxylic acids is 2. The number of likely N-dealkylation sites (tertiary alicyclic amines) is 1. The zero-order chi connectivity index (χ0) is 13.8. The molecule has 1 atom stereocenters. The molecule has 2 heterocycles. The van der Waals surface area contributed by atoms with E-state index < -0.39 is 0 Å². The van der Waals surface area contributed by atoms with E-state index in [4.69, 9.17) is 5.73 Å². The first-order valence-corrected chi connectivity index (χ1v) is 7.19. The normalized spacial score (nSPS) is 19.3. The van der Waals surface area contributed by atoms with Crippen LogP contribution in [0.2, 0.25) is 0 Å². The number of piperidine rings is 1. The Bertz CT molecular complexity index is 474. The van der Waals surface area contributed by atoms with Crippen molar-refractivity contribution < 1.29 is 9.59 Å². The van der Waals surface area contributed by atoms with Crippen LogP contribution in [0.4, 0.5) is 0 Å². The molecule has 1 aromatic heterocycles. The average molecular weight is 282 g/mol. The SMILES string of the molecule is CNC(=O)C1CCCN(C(=O)c2csc(CN)n2)C1. The Morgan fingerprint density at radius 1 is 1.63 bits per heavy atom. The van der Waals surface area contributed by atoms with Gasteiger partial charge >= 0.3 is 0 Å². The summed E-state index contributed by atoms with van der Waals surface area (Å²) in [7, 11) is 1.62. The minimum atomic E-state index is -0.115. The van der Waals surface area contributed by atoms with Crippen LogP contribution < -0.4 is 11.1 Å². The molecule has 1 aliphatic heterocycles. The number of nitrogens with zero attached hydrogens (tertiary/aromatic N) is 2. The summed E-state index contributed by atoms with van der Waals surface area (Å²) in [6.45, 7) is 1.49. The Morgan fingerprint density at radius 2 is 2.42 bits per heavy atom. The van der Waals surface area contributed by atoms with E-state index in [1.165, 1.54) is 11.3 Å². The molecular formula is C12H18N4O2S. The highest BCUT2D eigenvalue weighted by molar-refractivity contribution is 7.09. The maximum Gasteiger partial charge on any atom is 0.273 e. The van der Waals surface area contributed by atoms with Gasteiger partial charge in [0, 0.05) is 32.1 Å². The summed E-state index contributed by atoms with van der Waals surface area (Å²) in [5, 5.41) is 5.12. The van der Waals surface area contributed by atoms with Crippen molar-refractivity contribution in [2.24, 2.45) is 11.7 Å². The van der Waals surface area contributed by atoms with Gasteiger partial charge in [0.15, 0.2) is 0 Å². The summed E-state index contributed by atoms with van der Waals surface area (Å²) in [5.41, 5.74) is 5.92. The van der Waals surface area contributed by atoms with Crippen molar-refractivity contribution in [3.63, 3.8) is 0 Å². The third kappa shape index (κ3) is 3.10. The van der Waals surface area contributed by atoms with Crippen molar-refractivity contribution >= 4 is 23.2 Å². The van der Waals surface area contributed by atoms with Crippen LogP contribution >= 0.6 is 11.3 Å². The molecule has 1 saturated heterocycles. The second-order valence-corrected chi connectivity index (χ2v) is 5.48. The molecule has 1 aliphatic rings. The highest BCUT2D eigenvalue weighted by Crippen LogP contribution is 2.19. The molecule has 0 spiro atoms. The molecule has 0 aromatic carbocycles. The van der Waals surface area contributed by atoms with Crippen molar-refractivity contribution in [3.8, 4) is 0 Å². The third-order valence-electron chi connectivity index (χ3n) is 3.27. The molecule has 3 N–H and O–H groups in total. The van der Waals surface area contributed by atoms with E-state index in [2.05, 4.69) is 10.3 Å². The maximum atomic E-state index is 12.3. The van der Waals surface area contributed by atoms with E-state index in [-0.39, 0.29) is 17.7 Å². The minimum Gasteiger partial charge on any atom is -0.359 e. The Morgan fingerprint density at radius 3 is 3.05 bits per heavy atom. The van der Waals surface area contributed by atoms with E-state index in [0.717, 1.165) is 17.8 Å². The van der Waals surface area contributed by atoms with Crippen LogP contribution in [0.1, 0.15) is 28.3 Å². The van der Waals surface area contributed by atoms with Crippen molar-refractivity contribution in [2.75, 3.05) is 20.1 Å². The van der Waals surface area contributed by atoms with Gasteiger partial charge in [0.05, 0.1) is 5.92 Å². The molecule has 7 heteroatoms. The Kier molecular flexibility index (Phi) is 4.49. The van der Waals surface area contributed by atoms with Gasteiger partial charge in [0.1, 0.15) is 10.7 Å². The summed E-state index contributed by atoms with van der Waals surface area (Å²) < 4.78 is 0. The molecule has 1 aromatic rings. The molecule has 0 radical (unpaired) electrons. The lowest BCUT2D eigenvalue weighted by atomic mass is 9.97. The van der Waals surface area contributed by atoms with E-state index in [1.54, 1.807) is 17.3 Å². The van der Waals surface area contributed by atoms with Crippen LogP contribution in [0.3, 0.4) is 0 Å². The minimum absolute atomic E-state index is 0.00146. The van der Waals surface area contributed by atoms with E-state index in [9.17, 15) is 9.59 Å². The van der Waals surface area contributed by atoms with Crippen LogP contribution in [0, 0.1) is 5.92 Å². The lowest BCUT2D eigenvalue weighted by Gasteiger charge is -2.31. The third-order valence-corrected chi connectivity index (χ3v) is 4.14. The fraction of sp³-hybridized carbons (Fsp3) is 0.583. The smallest absolute Gasteiger partial charge is 0.273 e. The van der Waals surface area contributed by atoms with Crippen LogP contribution in [-0.2, 0) is 11.3 Å². The first kappa shape index (κ1) is 14.0. The first-order valence-electron chi connectivity index (χ1n) is 6.31. The average Bonchev–Trinajstić information content (AvgIpc) is 2.94. The van der Waals surface area contributed by atoms with Gasteiger partial charge in [-0.15, -0.1) is 11.3 Å². The zero-order valence-corrected chi connectivity index (χ0v) is 11.7. The number of nitrogens with two attached hydrogens (primary N) is 1. The topological polar surface area (TPSA) is 88.3 Å². The van der Waals surface area contributed by atoms with Crippen molar-refractivity contribution in [2.45, 2.75) is 19.4 Å². The predicted molar refractivity (Wildman–Crippen MR) is 72.7 cm³/mol. The summed E-state index contributed by atoms with van der Waals surface area (Å²) in [4.78, 5) is 29.8. The molecule has 0 saturated carbocycles. The Hall–Kier alpha value is -1.47. The van der Waals surface area contributed by atoms with Crippen LogP contribution in [0.25, 0.3) is 0 Å². The van der Waals surface area contributed by atoms with Gasteiger partial charge in [0.25, 0.3) is 5.91 Å². The number of hydrogen-bond acceptors (Lipinski definition) is 5. The second kappa shape index (κ2) is 6.12. The van der Waals surface area contributed by atoms with Crippen molar-refractivity contribution in [1.29, 1.82) is 0 Å².